The zero-order valence-electron chi connectivity index (χ0n) is 19.6. The molecular formula is C25H22ClNO8S. The first kappa shape index (κ1) is 26.7. The Morgan fingerprint density at radius 3 is 1.97 bits per heavy atom. The van der Waals surface area contributed by atoms with E-state index in [0.717, 1.165) is 12.1 Å². The number of rotatable bonds is 10. The monoisotopic (exact) mass is 531 g/mol. The fraction of sp³-hybridized carbons (Fsp3) is 0.160. The van der Waals surface area contributed by atoms with E-state index in [1.165, 1.54) is 51.7 Å². The highest BCUT2D eigenvalue weighted by molar-refractivity contribution is 7.95. The van der Waals surface area contributed by atoms with Gasteiger partial charge >= 0.3 is 0 Å². The van der Waals surface area contributed by atoms with Crippen molar-refractivity contribution in [2.24, 2.45) is 0 Å². The summed E-state index contributed by atoms with van der Waals surface area (Å²) >= 11 is 5.91. The van der Waals surface area contributed by atoms with E-state index in [-0.39, 0.29) is 28.3 Å². The summed E-state index contributed by atoms with van der Waals surface area (Å²) in [6, 6.07) is 13.9. The van der Waals surface area contributed by atoms with E-state index in [9.17, 15) is 23.3 Å². The number of carbonyl (C=O) groups excluding carboxylic acids is 1. The van der Waals surface area contributed by atoms with Crippen LogP contribution in [0, 0.1) is 10.1 Å². The lowest BCUT2D eigenvalue weighted by atomic mass is 10.1. The predicted molar refractivity (Wildman–Crippen MR) is 136 cm³/mol. The fourth-order valence-corrected chi connectivity index (χ4v) is 4.97. The summed E-state index contributed by atoms with van der Waals surface area (Å²) in [5.41, 5.74) is 0.332. The molecule has 0 radical (unpaired) electrons. The summed E-state index contributed by atoms with van der Waals surface area (Å²) < 4.78 is 43.2. The molecular weight excluding hydrogens is 510 g/mol. The summed E-state index contributed by atoms with van der Waals surface area (Å²) in [6.45, 7) is 0. The van der Waals surface area contributed by atoms with Crippen LogP contribution in [0.5, 0.6) is 17.2 Å². The maximum Gasteiger partial charge on any atom is 0.269 e. The van der Waals surface area contributed by atoms with Crippen LogP contribution in [0.2, 0.25) is 5.02 Å². The maximum absolute atomic E-state index is 13.6. The summed E-state index contributed by atoms with van der Waals surface area (Å²) in [5, 5.41) is 11.4. The van der Waals surface area contributed by atoms with Crippen molar-refractivity contribution in [3.63, 3.8) is 0 Å². The van der Waals surface area contributed by atoms with Crippen LogP contribution in [0.1, 0.15) is 21.5 Å². The van der Waals surface area contributed by atoms with Crippen molar-refractivity contribution in [1.82, 2.24) is 0 Å². The van der Waals surface area contributed by atoms with Crippen LogP contribution in [-0.2, 0) is 15.6 Å². The van der Waals surface area contributed by atoms with Gasteiger partial charge < -0.3 is 14.2 Å². The van der Waals surface area contributed by atoms with Crippen LogP contribution < -0.4 is 14.2 Å². The number of Topliss-reactive ketones (excluding diaryl/α,β-unsaturated/α-hetero) is 1. The smallest absolute Gasteiger partial charge is 0.269 e. The van der Waals surface area contributed by atoms with Crippen molar-refractivity contribution >= 4 is 39.0 Å². The quantitative estimate of drug-likeness (QED) is 0.153. The van der Waals surface area contributed by atoms with Gasteiger partial charge in [-0.15, -0.1) is 0 Å². The van der Waals surface area contributed by atoms with Crippen LogP contribution >= 0.6 is 11.6 Å². The number of nitrogens with zero attached hydrogens (tertiary/aromatic N) is 1. The van der Waals surface area contributed by atoms with Crippen molar-refractivity contribution in [2.45, 2.75) is 5.75 Å². The molecule has 11 heteroatoms. The number of non-ortho nitro benzene ring substituents is 1. The third kappa shape index (κ3) is 6.02. The molecule has 0 N–H and O–H groups in total. The molecule has 188 valence electrons. The van der Waals surface area contributed by atoms with E-state index in [1.807, 2.05) is 0 Å². The van der Waals surface area contributed by atoms with Crippen LogP contribution in [0.25, 0.3) is 6.08 Å². The van der Waals surface area contributed by atoms with E-state index < -0.39 is 31.2 Å². The molecule has 0 spiro atoms. The molecule has 3 aromatic rings. The van der Waals surface area contributed by atoms with Gasteiger partial charge in [-0.1, -0.05) is 23.7 Å². The molecule has 9 nitrogen and oxygen atoms in total. The molecule has 0 bridgehead atoms. The first-order chi connectivity index (χ1) is 17.1. The number of nitro groups is 1. The Labute approximate surface area is 212 Å². The summed E-state index contributed by atoms with van der Waals surface area (Å²) in [4.78, 5) is 23.3. The zero-order chi connectivity index (χ0) is 26.5. The third-order valence-corrected chi connectivity index (χ3v) is 7.14. The minimum absolute atomic E-state index is 0.0435. The summed E-state index contributed by atoms with van der Waals surface area (Å²) in [7, 11) is -0.0244. The van der Waals surface area contributed by atoms with Gasteiger partial charge in [0.1, 0.15) is 22.2 Å². The van der Waals surface area contributed by atoms with Gasteiger partial charge in [0.25, 0.3) is 5.69 Å². The molecule has 0 aromatic heterocycles. The Kier molecular flexibility index (Phi) is 8.33. The van der Waals surface area contributed by atoms with Crippen molar-refractivity contribution in [3.8, 4) is 17.2 Å². The van der Waals surface area contributed by atoms with Crippen LogP contribution in [0.15, 0.2) is 65.6 Å². The molecule has 0 aliphatic rings. The van der Waals surface area contributed by atoms with Crippen molar-refractivity contribution in [2.75, 3.05) is 21.3 Å². The number of allylic oxidation sites excluding steroid dienone is 1. The number of carbonyl (C=O) groups is 1. The number of benzene rings is 3. The highest BCUT2D eigenvalue weighted by atomic mass is 35.5. The van der Waals surface area contributed by atoms with Gasteiger partial charge in [-0.2, -0.15) is 0 Å². The average molecular weight is 532 g/mol. The SMILES string of the molecule is COc1cc(OC)c(C=C(C(=O)c2ccc([N+](=O)[O-])cc2)S(=O)(=O)Cc2ccc(Cl)cc2)c(OC)c1. The van der Waals surface area contributed by atoms with Gasteiger partial charge in [-0.05, 0) is 35.9 Å². The van der Waals surface area contributed by atoms with E-state index in [0.29, 0.717) is 16.3 Å². The second-order valence-electron chi connectivity index (χ2n) is 7.47. The molecule has 0 saturated heterocycles. The summed E-state index contributed by atoms with van der Waals surface area (Å²) in [5.74, 6) is -0.522. The number of hydrogen-bond donors (Lipinski definition) is 0. The lowest BCUT2D eigenvalue weighted by molar-refractivity contribution is -0.384. The average Bonchev–Trinajstić information content (AvgIpc) is 2.87. The van der Waals surface area contributed by atoms with Gasteiger partial charge in [0.05, 0.1) is 37.6 Å². The lowest BCUT2D eigenvalue weighted by Gasteiger charge is -2.15. The molecule has 3 aromatic carbocycles. The Balaban J connectivity index is 2.21. The molecule has 0 heterocycles. The fourth-order valence-electron chi connectivity index (χ4n) is 3.36. The Morgan fingerprint density at radius 1 is 0.944 bits per heavy atom. The molecule has 36 heavy (non-hydrogen) atoms. The highest BCUT2D eigenvalue weighted by Gasteiger charge is 2.28. The number of methoxy groups -OCH3 is 3. The first-order valence-corrected chi connectivity index (χ1v) is 12.4. The first-order valence-electron chi connectivity index (χ1n) is 10.4. The Hall–Kier alpha value is -3.89. The molecule has 0 saturated carbocycles. The van der Waals surface area contributed by atoms with Gasteiger partial charge in [-0.25, -0.2) is 8.42 Å². The topological polar surface area (TPSA) is 122 Å². The number of ether oxygens (including phenoxy) is 3. The molecule has 0 amide bonds. The maximum atomic E-state index is 13.6. The number of halogens is 1. The Morgan fingerprint density at radius 2 is 1.50 bits per heavy atom. The third-order valence-electron chi connectivity index (χ3n) is 5.20. The standard InChI is InChI=1S/C25H22ClNO8S/c1-33-20-12-22(34-2)21(23(13-20)35-3)14-24(25(28)17-6-10-19(11-7-17)27(29)30)36(31,32)15-16-4-8-18(26)9-5-16/h4-14H,15H2,1-3H3. The van der Waals surface area contributed by atoms with Crippen LogP contribution in [0.3, 0.4) is 0 Å². The molecule has 0 unspecified atom stereocenters. The molecule has 0 atom stereocenters. The van der Waals surface area contributed by atoms with E-state index in [2.05, 4.69) is 0 Å². The number of ketones is 1. The number of nitro benzene ring substituents is 1. The molecule has 0 aliphatic carbocycles. The van der Waals surface area contributed by atoms with E-state index in [4.69, 9.17) is 25.8 Å². The van der Waals surface area contributed by atoms with E-state index in [1.54, 1.807) is 24.3 Å². The minimum Gasteiger partial charge on any atom is -0.496 e. The van der Waals surface area contributed by atoms with Crippen molar-refractivity contribution in [3.05, 3.63) is 97.4 Å². The zero-order valence-corrected chi connectivity index (χ0v) is 21.1. The predicted octanol–water partition coefficient (Wildman–Crippen LogP) is 5.11. The molecule has 3 rings (SSSR count). The largest absolute Gasteiger partial charge is 0.496 e. The van der Waals surface area contributed by atoms with Gasteiger partial charge in [0, 0.05) is 34.9 Å². The van der Waals surface area contributed by atoms with Gasteiger partial charge in [0.2, 0.25) is 5.78 Å². The number of sulfone groups is 1. The van der Waals surface area contributed by atoms with E-state index >= 15 is 0 Å². The second-order valence-corrected chi connectivity index (χ2v) is 9.87. The number of hydrogen-bond acceptors (Lipinski definition) is 8. The van der Waals surface area contributed by atoms with Crippen molar-refractivity contribution in [1.29, 1.82) is 0 Å². The normalized spacial score (nSPS) is 11.6. The summed E-state index contributed by atoms with van der Waals surface area (Å²) in [6.07, 6.45) is 1.17. The molecule has 0 fully saturated rings. The second kappa shape index (κ2) is 11.2. The molecule has 0 aliphatic heterocycles. The van der Waals surface area contributed by atoms with Gasteiger partial charge in [0.15, 0.2) is 9.84 Å². The van der Waals surface area contributed by atoms with Crippen LogP contribution in [-0.4, -0.2) is 40.5 Å². The lowest BCUT2D eigenvalue weighted by Crippen LogP contribution is -2.16. The highest BCUT2D eigenvalue weighted by Crippen LogP contribution is 2.37. The van der Waals surface area contributed by atoms with Gasteiger partial charge in [-0.3, -0.25) is 14.9 Å². The minimum atomic E-state index is -4.23. The van der Waals surface area contributed by atoms with Crippen molar-refractivity contribution < 1.29 is 32.3 Å². The Bertz CT molecular complexity index is 1390. The van der Waals surface area contributed by atoms with Crippen LogP contribution in [0.4, 0.5) is 5.69 Å².